The smallest absolute Gasteiger partial charge is 0.338 e. The number of ether oxygens (including phenoxy) is 6. The summed E-state index contributed by atoms with van der Waals surface area (Å²) in [5.41, 5.74) is 8.69. The second-order valence-electron chi connectivity index (χ2n) is 15.7. The summed E-state index contributed by atoms with van der Waals surface area (Å²) in [6.07, 6.45) is 11.7. The van der Waals surface area contributed by atoms with E-state index >= 15 is 0 Å². The van der Waals surface area contributed by atoms with Crippen LogP contribution in [0, 0.1) is 11.8 Å². The van der Waals surface area contributed by atoms with Gasteiger partial charge in [-0.05, 0) is 43.0 Å². The third kappa shape index (κ3) is 13.2. The molecule has 2 aliphatic heterocycles. The fraction of sp³-hybridized carbons (Fsp3) is 0.574. The number of benzene rings is 3. The van der Waals surface area contributed by atoms with Crippen LogP contribution in [0.4, 0.5) is 0 Å². The number of esters is 2. The Morgan fingerprint density at radius 3 is 1.77 bits per heavy atom. The SMILES string of the molecule is CCCCCCCCCCCCCC[C@@H](OC(=O)c1ccccc1)[C@@H](OC(=O)c1ccccc1)[C@@H](N)COC1OC2COC(c3ccccc3)OC2C(C)C1C. The fourth-order valence-electron chi connectivity index (χ4n) is 7.71. The number of carbonyl (C=O) groups excluding carboxylic acids is 2. The molecule has 5 rings (SSSR count). The van der Waals surface area contributed by atoms with Gasteiger partial charge in [0.25, 0.3) is 0 Å². The van der Waals surface area contributed by atoms with Crippen LogP contribution in [0.3, 0.4) is 0 Å². The van der Waals surface area contributed by atoms with Crippen LogP contribution in [0.2, 0.25) is 0 Å². The van der Waals surface area contributed by atoms with Crippen molar-refractivity contribution in [3.63, 3.8) is 0 Å². The minimum Gasteiger partial charge on any atom is -0.455 e. The molecule has 56 heavy (non-hydrogen) atoms. The molecule has 0 amide bonds. The Morgan fingerprint density at radius 2 is 1.20 bits per heavy atom. The molecule has 2 heterocycles. The number of fused-ring (bicyclic) bond motifs is 1. The molecule has 9 heteroatoms. The molecule has 9 atom stereocenters. The Bertz CT molecular complexity index is 1540. The summed E-state index contributed by atoms with van der Waals surface area (Å²) in [6, 6.07) is 26.8. The Balaban J connectivity index is 1.22. The predicted molar refractivity (Wildman–Crippen MR) is 218 cm³/mol. The average Bonchev–Trinajstić information content (AvgIpc) is 3.24. The topological polar surface area (TPSA) is 116 Å². The predicted octanol–water partition coefficient (Wildman–Crippen LogP) is 9.98. The molecule has 0 bridgehead atoms. The van der Waals surface area contributed by atoms with E-state index in [-0.39, 0.29) is 30.7 Å². The summed E-state index contributed by atoms with van der Waals surface area (Å²) in [6.45, 7) is 6.85. The number of nitrogens with two attached hydrogens (primary N) is 1. The molecule has 0 aliphatic carbocycles. The molecular formula is C47H65NO8. The lowest BCUT2D eigenvalue weighted by molar-refractivity contribution is -0.343. The van der Waals surface area contributed by atoms with Crippen LogP contribution in [-0.4, -0.2) is 61.9 Å². The van der Waals surface area contributed by atoms with Crippen molar-refractivity contribution in [1.82, 2.24) is 0 Å². The molecule has 2 aliphatic rings. The van der Waals surface area contributed by atoms with Crippen molar-refractivity contribution < 1.29 is 38.0 Å². The fourth-order valence-corrected chi connectivity index (χ4v) is 7.71. The monoisotopic (exact) mass is 771 g/mol. The van der Waals surface area contributed by atoms with Gasteiger partial charge in [0.1, 0.15) is 12.2 Å². The van der Waals surface area contributed by atoms with Crippen molar-refractivity contribution in [1.29, 1.82) is 0 Å². The molecule has 0 saturated carbocycles. The zero-order valence-electron chi connectivity index (χ0n) is 33.8. The number of rotatable bonds is 23. The molecule has 3 aromatic rings. The molecule has 9 nitrogen and oxygen atoms in total. The zero-order valence-corrected chi connectivity index (χ0v) is 33.8. The molecule has 2 N–H and O–H groups in total. The number of carbonyl (C=O) groups is 2. The maximum Gasteiger partial charge on any atom is 0.338 e. The molecule has 2 saturated heterocycles. The van der Waals surface area contributed by atoms with Gasteiger partial charge in [0.15, 0.2) is 18.7 Å². The largest absolute Gasteiger partial charge is 0.455 e. The van der Waals surface area contributed by atoms with E-state index < -0.39 is 42.8 Å². The van der Waals surface area contributed by atoms with Gasteiger partial charge in [0.05, 0.1) is 36.5 Å². The van der Waals surface area contributed by atoms with E-state index in [0.717, 1.165) is 24.8 Å². The van der Waals surface area contributed by atoms with Crippen LogP contribution in [0.25, 0.3) is 0 Å². The van der Waals surface area contributed by atoms with E-state index in [2.05, 4.69) is 20.8 Å². The molecule has 0 aromatic heterocycles. The summed E-state index contributed by atoms with van der Waals surface area (Å²) in [5.74, 6) is -0.957. The molecule has 6 unspecified atom stereocenters. The first-order valence-electron chi connectivity index (χ1n) is 21.2. The first-order chi connectivity index (χ1) is 27.4. The highest BCUT2D eigenvalue weighted by Crippen LogP contribution is 2.39. The lowest BCUT2D eigenvalue weighted by Gasteiger charge is -2.48. The van der Waals surface area contributed by atoms with Crippen molar-refractivity contribution >= 4 is 11.9 Å². The van der Waals surface area contributed by atoms with E-state index in [0.29, 0.717) is 24.2 Å². The van der Waals surface area contributed by atoms with Gasteiger partial charge in [-0.15, -0.1) is 0 Å². The van der Waals surface area contributed by atoms with Crippen molar-refractivity contribution in [2.75, 3.05) is 13.2 Å². The van der Waals surface area contributed by atoms with Gasteiger partial charge < -0.3 is 34.2 Å². The maximum atomic E-state index is 13.6. The molecule has 3 aromatic carbocycles. The highest BCUT2D eigenvalue weighted by molar-refractivity contribution is 5.90. The minimum atomic E-state index is -0.972. The van der Waals surface area contributed by atoms with E-state index in [1.54, 1.807) is 48.5 Å². The van der Waals surface area contributed by atoms with Crippen LogP contribution in [-0.2, 0) is 28.4 Å². The molecule has 306 valence electrons. The van der Waals surface area contributed by atoms with Crippen LogP contribution >= 0.6 is 0 Å². The van der Waals surface area contributed by atoms with Gasteiger partial charge in [-0.3, -0.25) is 0 Å². The first kappa shape index (κ1) is 43.5. The normalized spacial score (nSPS) is 23.7. The second-order valence-corrected chi connectivity index (χ2v) is 15.7. The Labute approximate surface area is 334 Å². The minimum absolute atomic E-state index is 0.0119. The number of hydrogen-bond acceptors (Lipinski definition) is 9. The Morgan fingerprint density at radius 1 is 0.679 bits per heavy atom. The lowest BCUT2D eigenvalue weighted by atomic mass is 9.84. The third-order valence-electron chi connectivity index (χ3n) is 11.3. The Kier molecular flexibility index (Phi) is 18.3. The number of hydrogen-bond donors (Lipinski definition) is 1. The van der Waals surface area contributed by atoms with E-state index in [4.69, 9.17) is 34.2 Å². The van der Waals surface area contributed by atoms with Gasteiger partial charge in [-0.25, -0.2) is 9.59 Å². The first-order valence-corrected chi connectivity index (χ1v) is 21.2. The quantitative estimate of drug-likeness (QED) is 0.0743. The van der Waals surface area contributed by atoms with Gasteiger partial charge in [0, 0.05) is 11.5 Å². The molecule has 2 fully saturated rings. The van der Waals surface area contributed by atoms with Gasteiger partial charge >= 0.3 is 11.9 Å². The summed E-state index contributed by atoms with van der Waals surface area (Å²) >= 11 is 0. The standard InChI is InChI=1S/C47H65NO8/c1-4-5-6-7-8-9-10-11-12-13-14-24-31-40(53-44(49)36-25-18-15-19-26-36)43(55-45(50)37-27-20-16-21-28-37)39(48)32-51-46-35(3)34(2)42-41(54-46)33-52-47(56-42)38-29-22-17-23-30-38/h15-23,25-30,34-35,39-43,46-47H,4-14,24,31-33,48H2,1-3H3/t34?,35?,39-,40+,41?,42?,43-,46?,47?/m0/s1. The summed E-state index contributed by atoms with van der Waals surface area (Å²) in [7, 11) is 0. The highest BCUT2D eigenvalue weighted by atomic mass is 16.7. The van der Waals surface area contributed by atoms with Crippen molar-refractivity contribution in [2.45, 2.75) is 147 Å². The van der Waals surface area contributed by atoms with Crippen molar-refractivity contribution in [3.05, 3.63) is 108 Å². The average molecular weight is 772 g/mol. The zero-order chi connectivity index (χ0) is 39.5. The Hall–Kier alpha value is -3.60. The van der Waals surface area contributed by atoms with Crippen LogP contribution in [0.15, 0.2) is 91.0 Å². The van der Waals surface area contributed by atoms with E-state index in [1.165, 1.54) is 57.8 Å². The highest BCUT2D eigenvalue weighted by Gasteiger charge is 2.47. The van der Waals surface area contributed by atoms with Crippen LogP contribution < -0.4 is 5.73 Å². The van der Waals surface area contributed by atoms with E-state index in [1.807, 2.05) is 42.5 Å². The lowest BCUT2D eigenvalue weighted by Crippen LogP contribution is -2.57. The van der Waals surface area contributed by atoms with Gasteiger partial charge in [0.2, 0.25) is 0 Å². The van der Waals surface area contributed by atoms with Crippen LogP contribution in [0.5, 0.6) is 0 Å². The third-order valence-corrected chi connectivity index (χ3v) is 11.3. The van der Waals surface area contributed by atoms with Crippen molar-refractivity contribution in [2.24, 2.45) is 17.6 Å². The molecule has 0 radical (unpaired) electrons. The van der Waals surface area contributed by atoms with Crippen molar-refractivity contribution in [3.8, 4) is 0 Å². The number of unbranched alkanes of at least 4 members (excludes halogenated alkanes) is 11. The summed E-state index contributed by atoms with van der Waals surface area (Å²) < 4.78 is 37.7. The van der Waals surface area contributed by atoms with Gasteiger partial charge in [-0.1, -0.05) is 158 Å². The van der Waals surface area contributed by atoms with Gasteiger partial charge in [-0.2, -0.15) is 0 Å². The molecule has 0 spiro atoms. The van der Waals surface area contributed by atoms with E-state index in [9.17, 15) is 9.59 Å². The molecular weight excluding hydrogens is 707 g/mol. The van der Waals surface area contributed by atoms with Crippen LogP contribution in [0.1, 0.15) is 137 Å². The second kappa shape index (κ2) is 23.6. The summed E-state index contributed by atoms with van der Waals surface area (Å²) in [5, 5.41) is 0. The summed E-state index contributed by atoms with van der Waals surface area (Å²) in [4.78, 5) is 27.1. The maximum absolute atomic E-state index is 13.6.